The molecule has 2 atom stereocenters. The molecule has 1 aliphatic carbocycles. The summed E-state index contributed by atoms with van der Waals surface area (Å²) in [6.07, 6.45) is 3.42. The Morgan fingerprint density at radius 2 is 2.00 bits per heavy atom. The number of hydrogen-bond donors (Lipinski definition) is 0. The summed E-state index contributed by atoms with van der Waals surface area (Å²) in [4.78, 5) is 0. The lowest BCUT2D eigenvalue weighted by Crippen LogP contribution is -2.56. The van der Waals surface area contributed by atoms with Crippen molar-refractivity contribution in [3.05, 3.63) is 27.8 Å². The maximum atomic E-state index is 6.39. The van der Waals surface area contributed by atoms with Gasteiger partial charge >= 0.3 is 0 Å². The smallest absolute Gasteiger partial charge is 0.133 e. The number of halogens is 2. The summed E-state index contributed by atoms with van der Waals surface area (Å²) in [5, 5.41) is 0.267. The van der Waals surface area contributed by atoms with Crippen molar-refractivity contribution >= 4 is 34.2 Å². The summed E-state index contributed by atoms with van der Waals surface area (Å²) < 4.78 is 7.33. The van der Waals surface area contributed by atoms with Gasteiger partial charge in [0.1, 0.15) is 11.9 Å². The highest BCUT2D eigenvalue weighted by atomic mass is 127. The highest BCUT2D eigenvalue weighted by molar-refractivity contribution is 14.1. The van der Waals surface area contributed by atoms with E-state index < -0.39 is 0 Å². The van der Waals surface area contributed by atoms with Gasteiger partial charge in [0.2, 0.25) is 0 Å². The minimum absolute atomic E-state index is 0.167. The van der Waals surface area contributed by atoms with E-state index in [9.17, 15) is 0 Å². The van der Waals surface area contributed by atoms with E-state index in [4.69, 9.17) is 16.3 Å². The topological polar surface area (TPSA) is 9.23 Å². The van der Waals surface area contributed by atoms with Gasteiger partial charge in [-0.05, 0) is 47.6 Å². The number of rotatable bonds is 4. The number of benzene rings is 1. The third kappa shape index (κ3) is 2.30. The SMILES string of the molecule is CCC1(CC)C(Cl)CC1Oc1ccccc1I. The molecule has 1 aromatic carbocycles. The van der Waals surface area contributed by atoms with Gasteiger partial charge in [0, 0.05) is 17.2 Å². The summed E-state index contributed by atoms with van der Waals surface area (Å²) in [5.41, 5.74) is 0.167. The Hall–Kier alpha value is 0.0400. The van der Waals surface area contributed by atoms with Crippen molar-refractivity contribution in [3.8, 4) is 5.75 Å². The molecule has 1 aromatic rings. The Morgan fingerprint density at radius 1 is 1.35 bits per heavy atom. The summed E-state index contributed by atoms with van der Waals surface area (Å²) in [6, 6.07) is 8.17. The normalized spacial score (nSPS) is 26.4. The number of ether oxygens (including phenoxy) is 1. The lowest BCUT2D eigenvalue weighted by Gasteiger charge is -2.52. The molecule has 0 saturated heterocycles. The fourth-order valence-corrected chi connectivity index (χ4v) is 3.83. The largest absolute Gasteiger partial charge is 0.489 e. The van der Waals surface area contributed by atoms with Crippen molar-refractivity contribution < 1.29 is 4.74 Å². The zero-order chi connectivity index (χ0) is 12.5. The minimum Gasteiger partial charge on any atom is -0.489 e. The lowest BCUT2D eigenvalue weighted by molar-refractivity contribution is -0.0466. The Kier molecular flexibility index (Phi) is 4.24. The van der Waals surface area contributed by atoms with E-state index in [1.165, 1.54) is 3.57 Å². The summed E-state index contributed by atoms with van der Waals surface area (Å²) >= 11 is 8.71. The van der Waals surface area contributed by atoms with Gasteiger partial charge in [-0.15, -0.1) is 11.6 Å². The maximum absolute atomic E-state index is 6.39. The van der Waals surface area contributed by atoms with Crippen LogP contribution in [-0.4, -0.2) is 11.5 Å². The Bertz CT molecular complexity index is 390. The molecule has 0 bridgehead atoms. The van der Waals surface area contributed by atoms with Crippen LogP contribution in [0.2, 0.25) is 0 Å². The van der Waals surface area contributed by atoms with Crippen molar-refractivity contribution in [2.24, 2.45) is 5.41 Å². The van der Waals surface area contributed by atoms with Crippen LogP contribution < -0.4 is 4.74 Å². The molecule has 0 aromatic heterocycles. The first kappa shape index (κ1) is 13.5. The predicted octanol–water partition coefficient (Wildman–Crippen LogP) is 4.86. The Labute approximate surface area is 122 Å². The second-order valence-electron chi connectivity index (χ2n) is 4.68. The molecule has 1 aliphatic rings. The van der Waals surface area contributed by atoms with Gasteiger partial charge < -0.3 is 4.74 Å². The molecule has 0 N–H and O–H groups in total. The minimum atomic E-state index is 0.167. The molecule has 94 valence electrons. The van der Waals surface area contributed by atoms with Crippen molar-refractivity contribution in [2.75, 3.05) is 0 Å². The molecule has 0 amide bonds. The standard InChI is InChI=1S/C14H18ClIO/c1-3-14(4-2)12(15)9-13(14)17-11-8-6-5-7-10(11)16/h5-8,12-13H,3-4,9H2,1-2H3. The van der Waals surface area contributed by atoms with Crippen LogP contribution in [0, 0.1) is 8.99 Å². The number of alkyl halides is 1. The zero-order valence-corrected chi connectivity index (χ0v) is 13.2. The molecule has 3 heteroatoms. The van der Waals surface area contributed by atoms with Gasteiger partial charge in [-0.3, -0.25) is 0 Å². The van der Waals surface area contributed by atoms with Crippen LogP contribution in [0.15, 0.2) is 24.3 Å². The van der Waals surface area contributed by atoms with Crippen LogP contribution in [0.4, 0.5) is 0 Å². The van der Waals surface area contributed by atoms with Crippen LogP contribution in [-0.2, 0) is 0 Å². The van der Waals surface area contributed by atoms with E-state index in [-0.39, 0.29) is 16.9 Å². The van der Waals surface area contributed by atoms with Crippen LogP contribution in [0.1, 0.15) is 33.1 Å². The van der Waals surface area contributed by atoms with Crippen LogP contribution in [0.5, 0.6) is 5.75 Å². The fraction of sp³-hybridized carbons (Fsp3) is 0.571. The number of para-hydroxylation sites is 1. The van der Waals surface area contributed by atoms with Crippen molar-refractivity contribution in [2.45, 2.75) is 44.6 Å². The Morgan fingerprint density at radius 3 is 2.53 bits per heavy atom. The van der Waals surface area contributed by atoms with Gasteiger partial charge in [-0.2, -0.15) is 0 Å². The molecule has 1 fully saturated rings. The molecule has 2 unspecified atom stereocenters. The number of hydrogen-bond acceptors (Lipinski definition) is 1. The first-order valence-electron chi connectivity index (χ1n) is 6.19. The molecule has 17 heavy (non-hydrogen) atoms. The van der Waals surface area contributed by atoms with Gasteiger partial charge in [0.05, 0.1) is 3.57 Å². The first-order valence-corrected chi connectivity index (χ1v) is 7.70. The molecule has 0 heterocycles. The predicted molar refractivity (Wildman–Crippen MR) is 80.8 cm³/mol. The molecular formula is C14H18ClIO. The van der Waals surface area contributed by atoms with Crippen molar-refractivity contribution in [1.82, 2.24) is 0 Å². The average molecular weight is 365 g/mol. The third-order valence-corrected chi connectivity index (χ3v) is 5.61. The highest BCUT2D eigenvalue weighted by Gasteiger charge is 2.53. The van der Waals surface area contributed by atoms with Crippen LogP contribution in [0.25, 0.3) is 0 Å². The maximum Gasteiger partial charge on any atom is 0.133 e. The van der Waals surface area contributed by atoms with Gasteiger partial charge in [-0.1, -0.05) is 26.0 Å². The van der Waals surface area contributed by atoms with E-state index in [1.807, 2.05) is 18.2 Å². The second-order valence-corrected chi connectivity index (χ2v) is 6.37. The average Bonchev–Trinajstić information content (AvgIpc) is 2.33. The van der Waals surface area contributed by atoms with E-state index in [0.29, 0.717) is 0 Å². The van der Waals surface area contributed by atoms with E-state index in [1.54, 1.807) is 0 Å². The van der Waals surface area contributed by atoms with Crippen LogP contribution in [0.3, 0.4) is 0 Å². The van der Waals surface area contributed by atoms with Gasteiger partial charge in [0.15, 0.2) is 0 Å². The summed E-state index contributed by atoms with van der Waals surface area (Å²) in [7, 11) is 0. The fourth-order valence-electron chi connectivity index (χ4n) is 2.71. The van der Waals surface area contributed by atoms with Crippen molar-refractivity contribution in [3.63, 3.8) is 0 Å². The Balaban J connectivity index is 2.13. The molecule has 1 nitrogen and oxygen atoms in total. The molecule has 0 spiro atoms. The van der Waals surface area contributed by atoms with Gasteiger partial charge in [-0.25, -0.2) is 0 Å². The van der Waals surface area contributed by atoms with E-state index in [2.05, 4.69) is 42.5 Å². The molecule has 0 radical (unpaired) electrons. The zero-order valence-electron chi connectivity index (χ0n) is 10.2. The van der Waals surface area contributed by atoms with E-state index >= 15 is 0 Å². The van der Waals surface area contributed by atoms with Gasteiger partial charge in [0.25, 0.3) is 0 Å². The molecular weight excluding hydrogens is 347 g/mol. The molecule has 0 aliphatic heterocycles. The van der Waals surface area contributed by atoms with E-state index in [0.717, 1.165) is 25.0 Å². The second kappa shape index (κ2) is 5.35. The monoisotopic (exact) mass is 364 g/mol. The quantitative estimate of drug-likeness (QED) is 0.548. The first-order chi connectivity index (χ1) is 8.14. The summed E-state index contributed by atoms with van der Waals surface area (Å²) in [5.74, 6) is 0.993. The highest BCUT2D eigenvalue weighted by Crippen LogP contribution is 2.52. The third-order valence-electron chi connectivity index (χ3n) is 4.11. The summed E-state index contributed by atoms with van der Waals surface area (Å²) in [6.45, 7) is 4.43. The molecule has 1 saturated carbocycles. The van der Waals surface area contributed by atoms with Crippen molar-refractivity contribution in [1.29, 1.82) is 0 Å². The lowest BCUT2D eigenvalue weighted by atomic mass is 9.62. The molecule has 2 rings (SSSR count). The van der Waals surface area contributed by atoms with Crippen LogP contribution >= 0.6 is 34.2 Å².